The Hall–Kier alpha value is -0.925. The lowest BCUT2D eigenvalue weighted by molar-refractivity contribution is 0.178. The van der Waals surface area contributed by atoms with Crippen LogP contribution in [0.15, 0.2) is 29.2 Å². The zero-order valence-electron chi connectivity index (χ0n) is 12.2. The third-order valence-corrected chi connectivity index (χ3v) is 5.56. The SMILES string of the molecule is CC1CC(NS(=O)(=O)c2ccc(B(O)O)cc2)CCN1C. The van der Waals surface area contributed by atoms with Crippen molar-refractivity contribution in [2.45, 2.75) is 36.7 Å². The molecule has 2 atom stereocenters. The molecule has 3 N–H and O–H groups in total. The number of nitrogens with zero attached hydrogens (tertiary/aromatic N) is 1. The summed E-state index contributed by atoms with van der Waals surface area (Å²) in [5.41, 5.74) is 0.266. The summed E-state index contributed by atoms with van der Waals surface area (Å²) in [6.07, 6.45) is 1.57. The molecule has 1 heterocycles. The van der Waals surface area contributed by atoms with Crippen molar-refractivity contribution in [2.24, 2.45) is 0 Å². The Kier molecular flexibility index (Phi) is 5.05. The Labute approximate surface area is 126 Å². The van der Waals surface area contributed by atoms with E-state index in [1.54, 1.807) is 0 Å². The zero-order chi connectivity index (χ0) is 15.6. The van der Waals surface area contributed by atoms with Crippen LogP contribution in [0.25, 0.3) is 0 Å². The first-order valence-electron chi connectivity index (χ1n) is 6.98. The predicted octanol–water partition coefficient (Wildman–Crippen LogP) is -0.873. The lowest BCUT2D eigenvalue weighted by Crippen LogP contribution is -2.47. The maximum Gasteiger partial charge on any atom is 0.488 e. The average molecular weight is 312 g/mol. The molecule has 2 rings (SSSR count). The average Bonchev–Trinajstić information content (AvgIpc) is 2.43. The molecule has 0 amide bonds. The van der Waals surface area contributed by atoms with Crippen LogP contribution in [0.4, 0.5) is 0 Å². The summed E-state index contributed by atoms with van der Waals surface area (Å²) in [5, 5.41) is 18.0. The summed E-state index contributed by atoms with van der Waals surface area (Å²) in [6.45, 7) is 2.95. The van der Waals surface area contributed by atoms with Crippen molar-refractivity contribution in [3.05, 3.63) is 24.3 Å². The number of rotatable bonds is 4. The number of likely N-dealkylation sites (tertiary alicyclic amines) is 1. The van der Waals surface area contributed by atoms with Gasteiger partial charge in [-0.25, -0.2) is 13.1 Å². The number of piperidine rings is 1. The third-order valence-electron chi connectivity index (χ3n) is 4.02. The molecule has 0 aliphatic carbocycles. The lowest BCUT2D eigenvalue weighted by atomic mass is 9.81. The third kappa shape index (κ3) is 4.05. The monoisotopic (exact) mass is 312 g/mol. The molecule has 0 spiro atoms. The van der Waals surface area contributed by atoms with Gasteiger partial charge in [-0.2, -0.15) is 0 Å². The van der Waals surface area contributed by atoms with Crippen molar-refractivity contribution in [2.75, 3.05) is 13.6 Å². The van der Waals surface area contributed by atoms with E-state index >= 15 is 0 Å². The molecule has 1 aliphatic rings. The predicted molar refractivity (Wildman–Crippen MR) is 81.7 cm³/mol. The van der Waals surface area contributed by atoms with Crippen molar-refractivity contribution in [3.8, 4) is 0 Å². The van der Waals surface area contributed by atoms with E-state index in [2.05, 4.69) is 16.5 Å². The van der Waals surface area contributed by atoms with Crippen molar-refractivity contribution in [1.82, 2.24) is 9.62 Å². The summed E-state index contributed by atoms with van der Waals surface area (Å²) in [4.78, 5) is 2.35. The van der Waals surface area contributed by atoms with E-state index in [1.165, 1.54) is 24.3 Å². The molecule has 116 valence electrons. The fraction of sp³-hybridized carbons (Fsp3) is 0.538. The van der Waals surface area contributed by atoms with Gasteiger partial charge in [0.05, 0.1) is 4.90 Å². The molecule has 21 heavy (non-hydrogen) atoms. The second-order valence-corrected chi connectivity index (χ2v) is 7.33. The summed E-state index contributed by atoms with van der Waals surface area (Å²) < 4.78 is 27.4. The molecule has 6 nitrogen and oxygen atoms in total. The van der Waals surface area contributed by atoms with Gasteiger partial charge >= 0.3 is 7.12 Å². The van der Waals surface area contributed by atoms with Crippen LogP contribution >= 0.6 is 0 Å². The molecule has 2 unspecified atom stereocenters. The number of hydrogen-bond acceptors (Lipinski definition) is 5. The van der Waals surface area contributed by atoms with E-state index in [4.69, 9.17) is 10.0 Å². The molecule has 1 aromatic rings. The highest BCUT2D eigenvalue weighted by atomic mass is 32.2. The van der Waals surface area contributed by atoms with Crippen molar-refractivity contribution >= 4 is 22.6 Å². The number of benzene rings is 1. The van der Waals surface area contributed by atoms with Gasteiger partial charge in [0.2, 0.25) is 10.0 Å². The van der Waals surface area contributed by atoms with Gasteiger partial charge in [0.15, 0.2) is 0 Å². The Morgan fingerprint density at radius 1 is 1.29 bits per heavy atom. The summed E-state index contributed by atoms with van der Waals surface area (Å²) >= 11 is 0. The minimum Gasteiger partial charge on any atom is -0.423 e. The summed E-state index contributed by atoms with van der Waals surface area (Å²) in [5.74, 6) is 0. The second-order valence-electron chi connectivity index (χ2n) is 5.61. The first-order valence-corrected chi connectivity index (χ1v) is 8.46. The van der Waals surface area contributed by atoms with E-state index < -0.39 is 17.1 Å². The maximum atomic E-state index is 12.3. The molecule has 1 aromatic carbocycles. The quantitative estimate of drug-likeness (QED) is 0.629. The van der Waals surface area contributed by atoms with E-state index in [0.29, 0.717) is 6.04 Å². The molecule has 0 bridgehead atoms. The minimum atomic E-state index is -3.58. The standard InChI is InChI=1S/C13H21BN2O4S/c1-10-9-12(7-8-16(10)2)15-21(19,20)13-5-3-11(4-6-13)14(17)18/h3-6,10,12,15,17-18H,7-9H2,1-2H3. The molecular weight excluding hydrogens is 291 g/mol. The van der Waals surface area contributed by atoms with Crippen LogP contribution in [0.5, 0.6) is 0 Å². The topological polar surface area (TPSA) is 89.9 Å². The van der Waals surface area contributed by atoms with Gasteiger partial charge in [-0.15, -0.1) is 0 Å². The van der Waals surface area contributed by atoms with Crippen molar-refractivity contribution in [1.29, 1.82) is 0 Å². The number of hydrogen-bond donors (Lipinski definition) is 3. The van der Waals surface area contributed by atoms with Crippen LogP contribution in [0, 0.1) is 0 Å². The minimum absolute atomic E-state index is 0.0655. The summed E-state index contributed by atoms with van der Waals surface area (Å²) in [6, 6.07) is 5.85. The number of nitrogens with one attached hydrogen (secondary N) is 1. The highest BCUT2D eigenvalue weighted by Gasteiger charge is 2.27. The second kappa shape index (κ2) is 6.45. The van der Waals surface area contributed by atoms with Gasteiger partial charge in [0.1, 0.15) is 0 Å². The van der Waals surface area contributed by atoms with Gasteiger partial charge in [0, 0.05) is 12.1 Å². The highest BCUT2D eigenvalue weighted by Crippen LogP contribution is 2.18. The largest absolute Gasteiger partial charge is 0.488 e. The van der Waals surface area contributed by atoms with E-state index in [0.717, 1.165) is 19.4 Å². The molecule has 0 aromatic heterocycles. The Morgan fingerprint density at radius 3 is 2.43 bits per heavy atom. The zero-order valence-corrected chi connectivity index (χ0v) is 13.0. The number of sulfonamides is 1. The Bertz CT molecular complexity index is 576. The molecule has 0 saturated carbocycles. The van der Waals surface area contributed by atoms with Crippen LogP contribution in [0.1, 0.15) is 19.8 Å². The van der Waals surface area contributed by atoms with Gasteiger partial charge in [-0.1, -0.05) is 12.1 Å². The van der Waals surface area contributed by atoms with Crippen LogP contribution in [0.3, 0.4) is 0 Å². The Balaban J connectivity index is 2.08. The fourth-order valence-corrected chi connectivity index (χ4v) is 3.79. The molecule has 1 saturated heterocycles. The van der Waals surface area contributed by atoms with E-state index in [1.807, 2.05) is 7.05 Å². The van der Waals surface area contributed by atoms with Gasteiger partial charge in [0.25, 0.3) is 0 Å². The highest BCUT2D eigenvalue weighted by molar-refractivity contribution is 7.89. The molecule has 8 heteroatoms. The van der Waals surface area contributed by atoms with Gasteiger partial charge < -0.3 is 14.9 Å². The van der Waals surface area contributed by atoms with E-state index in [-0.39, 0.29) is 16.4 Å². The molecule has 1 aliphatic heterocycles. The fourth-order valence-electron chi connectivity index (χ4n) is 2.50. The molecule has 0 radical (unpaired) electrons. The normalized spacial score (nSPS) is 24.0. The van der Waals surface area contributed by atoms with Crippen LogP contribution in [-0.4, -0.2) is 56.2 Å². The van der Waals surface area contributed by atoms with Gasteiger partial charge in [-0.05, 0) is 51.0 Å². The lowest BCUT2D eigenvalue weighted by Gasteiger charge is -2.35. The first kappa shape index (κ1) is 16.4. The maximum absolute atomic E-state index is 12.3. The van der Waals surface area contributed by atoms with Crippen LogP contribution in [0.2, 0.25) is 0 Å². The van der Waals surface area contributed by atoms with Crippen molar-refractivity contribution in [3.63, 3.8) is 0 Å². The van der Waals surface area contributed by atoms with Crippen molar-refractivity contribution < 1.29 is 18.5 Å². The molecular formula is C13H21BN2O4S. The van der Waals surface area contributed by atoms with Gasteiger partial charge in [-0.3, -0.25) is 0 Å². The Morgan fingerprint density at radius 2 is 1.90 bits per heavy atom. The smallest absolute Gasteiger partial charge is 0.423 e. The first-order chi connectivity index (χ1) is 9.79. The van der Waals surface area contributed by atoms with Crippen LogP contribution in [-0.2, 0) is 10.0 Å². The van der Waals surface area contributed by atoms with Crippen LogP contribution < -0.4 is 10.2 Å². The molecule has 1 fully saturated rings. The van der Waals surface area contributed by atoms with E-state index in [9.17, 15) is 8.42 Å². The summed E-state index contributed by atoms with van der Waals surface area (Å²) in [7, 11) is -3.13.